The lowest BCUT2D eigenvalue weighted by molar-refractivity contribution is -0.147. The van der Waals surface area contributed by atoms with E-state index >= 15 is 0 Å². The number of carbonyl (C=O) groups excluding carboxylic acids is 2. The number of rotatable bonds is 3. The summed E-state index contributed by atoms with van der Waals surface area (Å²) in [6, 6.07) is 3.15. The molecule has 0 aromatic carbocycles. The molecule has 80 valence electrons. The fraction of sp³-hybridized carbons (Fsp3) is 0.364. The predicted molar refractivity (Wildman–Crippen MR) is 54.4 cm³/mol. The number of esters is 1. The summed E-state index contributed by atoms with van der Waals surface area (Å²) in [5, 5.41) is 0. The Balaban J connectivity index is 3.00. The van der Waals surface area contributed by atoms with E-state index in [0.717, 1.165) is 0 Å². The first-order valence-electron chi connectivity index (χ1n) is 4.53. The molecule has 0 saturated heterocycles. The van der Waals surface area contributed by atoms with E-state index in [0.29, 0.717) is 5.56 Å². The van der Waals surface area contributed by atoms with Gasteiger partial charge in [-0.15, -0.1) is 0 Å². The van der Waals surface area contributed by atoms with Crippen LogP contribution in [0.5, 0.6) is 0 Å². The molecular weight excluding hydrogens is 194 g/mol. The average molecular weight is 207 g/mol. The Labute approximate surface area is 88.3 Å². The minimum Gasteiger partial charge on any atom is -0.468 e. The van der Waals surface area contributed by atoms with Gasteiger partial charge in [0.2, 0.25) is 0 Å². The van der Waals surface area contributed by atoms with Crippen molar-refractivity contribution in [1.82, 2.24) is 4.98 Å². The minimum absolute atomic E-state index is 0.267. The summed E-state index contributed by atoms with van der Waals surface area (Å²) in [5.74, 6) is -0.805. The van der Waals surface area contributed by atoms with Crippen LogP contribution in [0.15, 0.2) is 24.5 Å². The number of hydrogen-bond donors (Lipinski definition) is 0. The van der Waals surface area contributed by atoms with Crippen molar-refractivity contribution in [3.8, 4) is 0 Å². The van der Waals surface area contributed by atoms with Crippen LogP contribution in [0.2, 0.25) is 0 Å². The molecule has 1 aromatic rings. The molecule has 4 heteroatoms. The van der Waals surface area contributed by atoms with Gasteiger partial charge in [-0.2, -0.15) is 0 Å². The maximum Gasteiger partial charge on any atom is 0.319 e. The maximum absolute atomic E-state index is 11.9. The molecule has 0 amide bonds. The third kappa shape index (κ3) is 2.21. The van der Waals surface area contributed by atoms with Gasteiger partial charge in [0.25, 0.3) is 0 Å². The third-order valence-electron chi connectivity index (χ3n) is 2.21. The maximum atomic E-state index is 11.9. The van der Waals surface area contributed by atoms with E-state index in [2.05, 4.69) is 9.72 Å². The summed E-state index contributed by atoms with van der Waals surface area (Å²) in [6.07, 6.45) is 3.03. The Hall–Kier alpha value is -1.71. The molecule has 0 saturated carbocycles. The highest BCUT2D eigenvalue weighted by Crippen LogP contribution is 2.22. The van der Waals surface area contributed by atoms with Gasteiger partial charge in [0, 0.05) is 18.0 Å². The molecular formula is C11H13NO3. The van der Waals surface area contributed by atoms with Gasteiger partial charge in [0.05, 0.1) is 7.11 Å². The van der Waals surface area contributed by atoms with Crippen LogP contribution >= 0.6 is 0 Å². The number of nitrogens with zero attached hydrogens (tertiary/aromatic N) is 1. The van der Waals surface area contributed by atoms with Crippen molar-refractivity contribution >= 4 is 11.8 Å². The van der Waals surface area contributed by atoms with Crippen molar-refractivity contribution < 1.29 is 14.3 Å². The summed E-state index contributed by atoms with van der Waals surface area (Å²) >= 11 is 0. The zero-order valence-electron chi connectivity index (χ0n) is 8.98. The highest BCUT2D eigenvalue weighted by molar-refractivity contribution is 6.11. The average Bonchev–Trinajstić information content (AvgIpc) is 2.28. The predicted octanol–water partition coefficient (Wildman–Crippen LogP) is 1.46. The Bertz CT molecular complexity index is 371. The fourth-order valence-corrected chi connectivity index (χ4v) is 1.21. The second-order valence-electron chi connectivity index (χ2n) is 3.68. The van der Waals surface area contributed by atoms with Gasteiger partial charge >= 0.3 is 5.97 Å². The smallest absolute Gasteiger partial charge is 0.319 e. The van der Waals surface area contributed by atoms with Gasteiger partial charge in [-0.25, -0.2) is 0 Å². The van der Waals surface area contributed by atoms with Crippen LogP contribution < -0.4 is 0 Å². The quantitative estimate of drug-likeness (QED) is 0.428. The first-order valence-corrected chi connectivity index (χ1v) is 4.53. The molecule has 1 rings (SSSR count). The van der Waals surface area contributed by atoms with Gasteiger partial charge < -0.3 is 4.74 Å². The standard InChI is InChI=1S/C11H13NO3/c1-11(2,10(14)15-3)9(13)8-4-6-12-7-5-8/h4-7H,1-3H3. The van der Waals surface area contributed by atoms with E-state index < -0.39 is 11.4 Å². The van der Waals surface area contributed by atoms with E-state index in [1.165, 1.54) is 19.5 Å². The minimum atomic E-state index is -1.16. The number of methoxy groups -OCH3 is 1. The number of carbonyl (C=O) groups is 2. The van der Waals surface area contributed by atoms with Gasteiger partial charge in [0.1, 0.15) is 5.41 Å². The fourth-order valence-electron chi connectivity index (χ4n) is 1.21. The van der Waals surface area contributed by atoms with Crippen molar-refractivity contribution in [2.75, 3.05) is 7.11 Å². The summed E-state index contributed by atoms with van der Waals surface area (Å²) in [7, 11) is 1.27. The van der Waals surface area contributed by atoms with Crippen LogP contribution in [0.1, 0.15) is 24.2 Å². The van der Waals surface area contributed by atoms with Crippen molar-refractivity contribution in [2.24, 2.45) is 5.41 Å². The zero-order valence-corrected chi connectivity index (χ0v) is 8.98. The molecule has 1 heterocycles. The van der Waals surface area contributed by atoms with E-state index in [4.69, 9.17) is 0 Å². The molecule has 4 nitrogen and oxygen atoms in total. The Morgan fingerprint density at radius 1 is 1.27 bits per heavy atom. The number of Topliss-reactive ketones (excluding diaryl/α,β-unsaturated/α-hetero) is 1. The van der Waals surface area contributed by atoms with E-state index in [1.807, 2.05) is 0 Å². The Kier molecular flexibility index (Phi) is 3.19. The molecule has 0 bridgehead atoms. The number of ether oxygens (including phenoxy) is 1. The monoisotopic (exact) mass is 207 g/mol. The molecule has 0 aliphatic heterocycles. The normalized spacial score (nSPS) is 10.9. The molecule has 0 unspecified atom stereocenters. The molecule has 15 heavy (non-hydrogen) atoms. The van der Waals surface area contributed by atoms with E-state index in [9.17, 15) is 9.59 Å². The molecule has 0 spiro atoms. The second-order valence-corrected chi connectivity index (χ2v) is 3.68. The van der Waals surface area contributed by atoms with Gasteiger partial charge in [-0.1, -0.05) is 0 Å². The Morgan fingerprint density at radius 2 is 1.80 bits per heavy atom. The second kappa shape index (κ2) is 4.21. The molecule has 0 fully saturated rings. The van der Waals surface area contributed by atoms with Crippen molar-refractivity contribution in [3.05, 3.63) is 30.1 Å². The number of ketones is 1. The van der Waals surface area contributed by atoms with Gasteiger partial charge in [0.15, 0.2) is 5.78 Å². The van der Waals surface area contributed by atoms with Crippen molar-refractivity contribution in [1.29, 1.82) is 0 Å². The largest absolute Gasteiger partial charge is 0.468 e. The van der Waals surface area contributed by atoms with Gasteiger partial charge in [-0.3, -0.25) is 14.6 Å². The number of hydrogen-bond acceptors (Lipinski definition) is 4. The van der Waals surface area contributed by atoms with Crippen LogP contribution in [0.4, 0.5) is 0 Å². The highest BCUT2D eigenvalue weighted by Gasteiger charge is 2.37. The molecule has 1 aromatic heterocycles. The number of aromatic nitrogens is 1. The molecule has 0 aliphatic rings. The summed E-state index contributed by atoms with van der Waals surface area (Å²) in [5.41, 5.74) is -0.698. The highest BCUT2D eigenvalue weighted by atomic mass is 16.5. The molecule has 0 radical (unpaired) electrons. The van der Waals surface area contributed by atoms with Crippen molar-refractivity contribution in [2.45, 2.75) is 13.8 Å². The Morgan fingerprint density at radius 3 is 2.27 bits per heavy atom. The lowest BCUT2D eigenvalue weighted by atomic mass is 9.85. The molecule has 0 aliphatic carbocycles. The summed E-state index contributed by atoms with van der Waals surface area (Å²) in [6.45, 7) is 3.09. The van der Waals surface area contributed by atoms with Crippen LogP contribution in [0, 0.1) is 5.41 Å². The summed E-state index contributed by atoms with van der Waals surface area (Å²) < 4.78 is 4.58. The van der Waals surface area contributed by atoms with Crippen LogP contribution in [-0.2, 0) is 9.53 Å². The molecule has 0 N–H and O–H groups in total. The van der Waals surface area contributed by atoms with Crippen LogP contribution in [0.3, 0.4) is 0 Å². The first kappa shape index (κ1) is 11.4. The third-order valence-corrected chi connectivity index (χ3v) is 2.21. The topological polar surface area (TPSA) is 56.3 Å². The lowest BCUT2D eigenvalue weighted by Crippen LogP contribution is -2.34. The van der Waals surface area contributed by atoms with Crippen molar-refractivity contribution in [3.63, 3.8) is 0 Å². The van der Waals surface area contributed by atoms with E-state index in [1.54, 1.807) is 26.0 Å². The zero-order chi connectivity index (χ0) is 11.5. The van der Waals surface area contributed by atoms with E-state index in [-0.39, 0.29) is 5.78 Å². The van der Waals surface area contributed by atoms with Crippen LogP contribution in [-0.4, -0.2) is 23.8 Å². The number of pyridine rings is 1. The van der Waals surface area contributed by atoms with Gasteiger partial charge in [-0.05, 0) is 26.0 Å². The lowest BCUT2D eigenvalue weighted by Gasteiger charge is -2.19. The first-order chi connectivity index (χ1) is 7.00. The SMILES string of the molecule is COC(=O)C(C)(C)C(=O)c1ccncc1. The van der Waals surface area contributed by atoms with Crippen LogP contribution in [0.25, 0.3) is 0 Å². The summed E-state index contributed by atoms with van der Waals surface area (Å²) in [4.78, 5) is 27.1. The molecule has 0 atom stereocenters.